The number of hydrogen-bond acceptors (Lipinski definition) is 6. The van der Waals surface area contributed by atoms with Crippen molar-refractivity contribution in [3.63, 3.8) is 0 Å². The number of nitrogens with two attached hydrogens (primary N) is 1. The van der Waals surface area contributed by atoms with Crippen LogP contribution in [0.15, 0.2) is 4.99 Å². The molecule has 16 heavy (non-hydrogen) atoms. The summed E-state index contributed by atoms with van der Waals surface area (Å²) in [5, 5.41) is 0. The van der Waals surface area contributed by atoms with E-state index in [2.05, 4.69) is 4.99 Å². The van der Waals surface area contributed by atoms with Gasteiger partial charge < -0.3 is 15.4 Å². The summed E-state index contributed by atoms with van der Waals surface area (Å²) in [6.45, 7) is 1.61. The lowest BCUT2D eigenvalue weighted by atomic mass is 9.98. The molecule has 1 spiro atoms. The summed E-state index contributed by atoms with van der Waals surface area (Å²) < 4.78 is 28.1. The van der Waals surface area contributed by atoms with Gasteiger partial charge in [-0.2, -0.15) is 0 Å². The smallest absolute Gasteiger partial charge is 0.191 e. The van der Waals surface area contributed by atoms with Crippen LogP contribution in [0.4, 0.5) is 0 Å². The van der Waals surface area contributed by atoms with Crippen LogP contribution in [0.25, 0.3) is 0 Å². The SMILES string of the molecule is COCCN1C(N)=NCC12CCS(=O)(=O)C2. The zero-order valence-corrected chi connectivity index (χ0v) is 10.2. The van der Waals surface area contributed by atoms with E-state index in [0.29, 0.717) is 32.1 Å². The topological polar surface area (TPSA) is 85.0 Å². The quantitative estimate of drug-likeness (QED) is 0.678. The van der Waals surface area contributed by atoms with Gasteiger partial charge in [-0.3, -0.25) is 4.99 Å². The second-order valence-electron chi connectivity index (χ2n) is 4.39. The number of aliphatic imine (C=N–C) groups is 1. The Kier molecular flexibility index (Phi) is 2.83. The monoisotopic (exact) mass is 247 g/mol. The molecule has 0 saturated carbocycles. The molecular formula is C9H17N3O3S. The first-order valence-corrected chi connectivity index (χ1v) is 7.08. The van der Waals surface area contributed by atoms with Crippen LogP contribution in [0.1, 0.15) is 6.42 Å². The molecule has 0 radical (unpaired) electrons. The number of ether oxygens (including phenoxy) is 1. The van der Waals surface area contributed by atoms with E-state index in [1.54, 1.807) is 7.11 Å². The normalized spacial score (nSPS) is 32.3. The molecule has 0 amide bonds. The van der Waals surface area contributed by atoms with Crippen molar-refractivity contribution in [2.45, 2.75) is 12.0 Å². The average Bonchev–Trinajstić information content (AvgIpc) is 2.67. The lowest BCUT2D eigenvalue weighted by molar-refractivity contribution is 0.140. The Bertz CT molecular complexity index is 406. The Morgan fingerprint density at radius 1 is 1.62 bits per heavy atom. The third kappa shape index (κ3) is 1.89. The number of rotatable bonds is 3. The largest absolute Gasteiger partial charge is 0.383 e. The Morgan fingerprint density at radius 3 is 2.94 bits per heavy atom. The van der Waals surface area contributed by atoms with E-state index in [9.17, 15) is 8.42 Å². The molecular weight excluding hydrogens is 230 g/mol. The predicted octanol–water partition coefficient (Wildman–Crippen LogP) is -1.18. The maximum absolute atomic E-state index is 11.6. The Morgan fingerprint density at radius 2 is 2.38 bits per heavy atom. The van der Waals surface area contributed by atoms with Crippen molar-refractivity contribution in [1.29, 1.82) is 0 Å². The minimum atomic E-state index is -2.93. The minimum Gasteiger partial charge on any atom is -0.383 e. The highest BCUT2D eigenvalue weighted by atomic mass is 32.2. The maximum Gasteiger partial charge on any atom is 0.191 e. The van der Waals surface area contributed by atoms with Gasteiger partial charge in [-0.25, -0.2) is 8.42 Å². The van der Waals surface area contributed by atoms with Gasteiger partial charge in [-0.15, -0.1) is 0 Å². The van der Waals surface area contributed by atoms with Crippen LogP contribution in [0.2, 0.25) is 0 Å². The lowest BCUT2D eigenvalue weighted by Crippen LogP contribution is -2.53. The standard InChI is InChI=1S/C9H17N3O3S/c1-15-4-3-12-8(10)11-6-9(12)2-5-16(13,14)7-9/h2-7H2,1H3,(H2,10,11). The molecule has 0 aromatic carbocycles. The highest BCUT2D eigenvalue weighted by molar-refractivity contribution is 7.91. The van der Waals surface area contributed by atoms with Gasteiger partial charge in [0, 0.05) is 13.7 Å². The average molecular weight is 247 g/mol. The highest BCUT2D eigenvalue weighted by Crippen LogP contribution is 2.33. The molecule has 1 saturated heterocycles. The number of hydrogen-bond donors (Lipinski definition) is 1. The van der Waals surface area contributed by atoms with Gasteiger partial charge >= 0.3 is 0 Å². The molecule has 1 atom stereocenters. The summed E-state index contributed by atoms with van der Waals surface area (Å²) in [6, 6.07) is 0. The van der Waals surface area contributed by atoms with E-state index < -0.39 is 15.4 Å². The van der Waals surface area contributed by atoms with Crippen LogP contribution in [0, 0.1) is 0 Å². The Hall–Kier alpha value is -0.820. The van der Waals surface area contributed by atoms with E-state index in [4.69, 9.17) is 10.5 Å². The van der Waals surface area contributed by atoms with Crippen LogP contribution in [-0.4, -0.2) is 63.1 Å². The number of methoxy groups -OCH3 is 1. The second-order valence-corrected chi connectivity index (χ2v) is 6.57. The first kappa shape index (κ1) is 11.7. The van der Waals surface area contributed by atoms with Crippen molar-refractivity contribution in [2.24, 2.45) is 10.7 Å². The van der Waals surface area contributed by atoms with Crippen molar-refractivity contribution < 1.29 is 13.2 Å². The van der Waals surface area contributed by atoms with E-state index in [1.165, 1.54) is 0 Å². The molecule has 0 aliphatic carbocycles. The van der Waals surface area contributed by atoms with Gasteiger partial charge in [0.25, 0.3) is 0 Å². The van der Waals surface area contributed by atoms with Crippen molar-refractivity contribution in [2.75, 3.05) is 38.3 Å². The first-order chi connectivity index (χ1) is 7.49. The molecule has 2 aliphatic heterocycles. The zero-order valence-electron chi connectivity index (χ0n) is 9.35. The molecule has 0 aromatic rings. The zero-order chi connectivity index (χ0) is 11.8. The van der Waals surface area contributed by atoms with E-state index >= 15 is 0 Å². The van der Waals surface area contributed by atoms with Crippen LogP contribution in [0.3, 0.4) is 0 Å². The fraction of sp³-hybridized carbons (Fsp3) is 0.889. The minimum absolute atomic E-state index is 0.161. The van der Waals surface area contributed by atoms with Crippen LogP contribution >= 0.6 is 0 Å². The first-order valence-electron chi connectivity index (χ1n) is 5.26. The summed E-state index contributed by atoms with van der Waals surface area (Å²) in [6.07, 6.45) is 0.614. The number of sulfone groups is 1. The van der Waals surface area contributed by atoms with Crippen molar-refractivity contribution in [3.8, 4) is 0 Å². The molecule has 0 bridgehead atoms. The second kappa shape index (κ2) is 3.89. The highest BCUT2D eigenvalue weighted by Gasteiger charge is 2.49. The van der Waals surface area contributed by atoms with E-state index in [0.717, 1.165) is 0 Å². The molecule has 92 valence electrons. The Labute approximate surface area is 95.4 Å². The fourth-order valence-corrected chi connectivity index (χ4v) is 4.46. The molecule has 2 aliphatic rings. The summed E-state index contributed by atoms with van der Waals surface area (Å²) in [4.78, 5) is 6.06. The maximum atomic E-state index is 11.6. The van der Waals surface area contributed by atoms with Crippen LogP contribution < -0.4 is 5.73 Å². The van der Waals surface area contributed by atoms with Crippen molar-refractivity contribution in [3.05, 3.63) is 0 Å². The molecule has 2 N–H and O–H groups in total. The summed E-state index contributed by atoms with van der Waals surface area (Å²) >= 11 is 0. The van der Waals surface area contributed by atoms with Crippen LogP contribution in [0.5, 0.6) is 0 Å². The summed E-state index contributed by atoms with van der Waals surface area (Å²) in [7, 11) is -1.32. The van der Waals surface area contributed by atoms with E-state index in [-0.39, 0.29) is 11.5 Å². The third-order valence-electron chi connectivity index (χ3n) is 3.27. The van der Waals surface area contributed by atoms with Gasteiger partial charge in [0.1, 0.15) is 0 Å². The van der Waals surface area contributed by atoms with Gasteiger partial charge in [-0.1, -0.05) is 0 Å². The molecule has 6 nitrogen and oxygen atoms in total. The Balaban J connectivity index is 2.16. The van der Waals surface area contributed by atoms with Crippen molar-refractivity contribution in [1.82, 2.24) is 4.90 Å². The molecule has 2 heterocycles. The number of nitrogens with zero attached hydrogens (tertiary/aromatic N) is 2. The third-order valence-corrected chi connectivity index (χ3v) is 5.07. The van der Waals surface area contributed by atoms with E-state index in [1.807, 2.05) is 4.90 Å². The van der Waals surface area contributed by atoms with Gasteiger partial charge in [0.15, 0.2) is 15.8 Å². The predicted molar refractivity (Wildman–Crippen MR) is 61.1 cm³/mol. The molecule has 1 fully saturated rings. The van der Waals surface area contributed by atoms with Crippen LogP contribution in [-0.2, 0) is 14.6 Å². The van der Waals surface area contributed by atoms with Crippen molar-refractivity contribution >= 4 is 15.8 Å². The summed E-state index contributed by atoms with van der Waals surface area (Å²) in [5.41, 5.74) is 5.39. The molecule has 7 heteroatoms. The van der Waals surface area contributed by atoms with Gasteiger partial charge in [0.2, 0.25) is 0 Å². The summed E-state index contributed by atoms with van der Waals surface area (Å²) in [5.74, 6) is 0.835. The molecule has 2 rings (SSSR count). The molecule has 1 unspecified atom stereocenters. The van der Waals surface area contributed by atoms with Gasteiger partial charge in [0.05, 0.1) is 30.2 Å². The lowest BCUT2D eigenvalue weighted by Gasteiger charge is -2.34. The fourth-order valence-electron chi connectivity index (χ4n) is 2.41. The number of guanidine groups is 1. The van der Waals surface area contributed by atoms with Gasteiger partial charge in [-0.05, 0) is 6.42 Å². The molecule has 0 aromatic heterocycles.